The van der Waals surface area contributed by atoms with Gasteiger partial charge in [-0.25, -0.2) is 9.97 Å². The van der Waals surface area contributed by atoms with E-state index in [4.69, 9.17) is 9.40 Å². The highest BCUT2D eigenvalue weighted by Gasteiger charge is 2.19. The number of hydrogen-bond donors (Lipinski definition) is 1. The SMILES string of the molecule is CCN(CC)c1nc(-c2ccc(C)cc2)ncc1C(=O)NCc1ccco1. The van der Waals surface area contributed by atoms with Gasteiger partial charge in [-0.3, -0.25) is 4.79 Å². The minimum Gasteiger partial charge on any atom is -0.467 e. The van der Waals surface area contributed by atoms with Gasteiger partial charge in [-0.05, 0) is 32.9 Å². The van der Waals surface area contributed by atoms with Crippen molar-refractivity contribution in [2.75, 3.05) is 18.0 Å². The quantitative estimate of drug-likeness (QED) is 0.690. The van der Waals surface area contributed by atoms with Gasteiger partial charge in [-0.1, -0.05) is 29.8 Å². The van der Waals surface area contributed by atoms with E-state index >= 15 is 0 Å². The average Bonchev–Trinajstić information content (AvgIpc) is 3.21. The molecular weight excluding hydrogens is 340 g/mol. The van der Waals surface area contributed by atoms with Gasteiger partial charge < -0.3 is 14.6 Å². The van der Waals surface area contributed by atoms with E-state index in [1.54, 1.807) is 18.5 Å². The molecule has 0 saturated heterocycles. The predicted octanol–water partition coefficient (Wildman–Crippen LogP) is 3.82. The molecule has 0 radical (unpaired) electrons. The second-order valence-electron chi connectivity index (χ2n) is 6.23. The van der Waals surface area contributed by atoms with Crippen LogP contribution < -0.4 is 10.2 Å². The van der Waals surface area contributed by atoms with Crippen molar-refractivity contribution >= 4 is 11.7 Å². The maximum atomic E-state index is 12.7. The van der Waals surface area contributed by atoms with Crippen LogP contribution in [0.2, 0.25) is 0 Å². The molecule has 0 aliphatic carbocycles. The van der Waals surface area contributed by atoms with Crippen molar-refractivity contribution in [3.63, 3.8) is 0 Å². The summed E-state index contributed by atoms with van der Waals surface area (Å²) in [5.74, 6) is 1.73. The molecule has 3 rings (SSSR count). The third-order valence-corrected chi connectivity index (χ3v) is 4.39. The Morgan fingerprint density at radius 1 is 1.15 bits per heavy atom. The Kier molecular flexibility index (Phi) is 5.86. The third-order valence-electron chi connectivity index (χ3n) is 4.39. The van der Waals surface area contributed by atoms with E-state index in [0.717, 1.165) is 18.7 Å². The van der Waals surface area contributed by atoms with Crippen molar-refractivity contribution in [1.29, 1.82) is 0 Å². The first-order valence-electron chi connectivity index (χ1n) is 9.12. The number of anilines is 1. The fourth-order valence-corrected chi connectivity index (χ4v) is 2.81. The molecule has 0 spiro atoms. The number of benzene rings is 1. The average molecular weight is 364 g/mol. The second-order valence-corrected chi connectivity index (χ2v) is 6.23. The van der Waals surface area contributed by atoms with E-state index in [-0.39, 0.29) is 5.91 Å². The van der Waals surface area contributed by atoms with Gasteiger partial charge in [0.05, 0.1) is 12.8 Å². The number of aryl methyl sites for hydroxylation is 1. The lowest BCUT2D eigenvalue weighted by molar-refractivity contribution is 0.0948. The lowest BCUT2D eigenvalue weighted by atomic mass is 10.1. The van der Waals surface area contributed by atoms with Crippen LogP contribution in [0.5, 0.6) is 0 Å². The van der Waals surface area contributed by atoms with Crippen LogP contribution in [-0.4, -0.2) is 29.0 Å². The summed E-state index contributed by atoms with van der Waals surface area (Å²) in [5.41, 5.74) is 2.56. The summed E-state index contributed by atoms with van der Waals surface area (Å²) in [6.07, 6.45) is 3.19. The molecule has 3 aromatic rings. The molecule has 0 bridgehead atoms. The molecule has 1 amide bonds. The molecule has 0 unspecified atom stereocenters. The molecule has 6 heteroatoms. The Labute approximate surface area is 159 Å². The van der Waals surface area contributed by atoms with Gasteiger partial charge in [0.15, 0.2) is 5.82 Å². The first-order valence-corrected chi connectivity index (χ1v) is 9.12. The van der Waals surface area contributed by atoms with Gasteiger partial charge in [0.25, 0.3) is 5.91 Å². The fraction of sp³-hybridized carbons (Fsp3) is 0.286. The summed E-state index contributed by atoms with van der Waals surface area (Å²) in [7, 11) is 0. The van der Waals surface area contributed by atoms with Gasteiger partial charge >= 0.3 is 0 Å². The number of carbonyl (C=O) groups excluding carboxylic acids is 1. The zero-order valence-electron chi connectivity index (χ0n) is 15.9. The van der Waals surface area contributed by atoms with Gasteiger partial charge in [-0.15, -0.1) is 0 Å². The highest BCUT2D eigenvalue weighted by Crippen LogP contribution is 2.23. The minimum atomic E-state index is -0.219. The Morgan fingerprint density at radius 2 is 1.89 bits per heavy atom. The van der Waals surface area contributed by atoms with Crippen LogP contribution in [0.1, 0.15) is 35.5 Å². The monoisotopic (exact) mass is 364 g/mol. The number of carbonyl (C=O) groups is 1. The summed E-state index contributed by atoms with van der Waals surface area (Å²) in [6, 6.07) is 11.7. The molecule has 2 heterocycles. The van der Waals surface area contributed by atoms with Crippen molar-refractivity contribution in [2.24, 2.45) is 0 Å². The lowest BCUT2D eigenvalue weighted by Gasteiger charge is -2.22. The van der Waals surface area contributed by atoms with Crippen LogP contribution in [0.25, 0.3) is 11.4 Å². The van der Waals surface area contributed by atoms with Crippen LogP contribution in [0, 0.1) is 6.92 Å². The van der Waals surface area contributed by atoms with Crippen molar-refractivity contribution in [3.05, 3.63) is 65.7 Å². The molecule has 6 nitrogen and oxygen atoms in total. The predicted molar refractivity (Wildman–Crippen MR) is 106 cm³/mol. The maximum Gasteiger partial charge on any atom is 0.256 e. The van der Waals surface area contributed by atoms with E-state index < -0.39 is 0 Å². The topological polar surface area (TPSA) is 71.3 Å². The molecule has 0 saturated carbocycles. The number of furan rings is 1. The molecule has 0 atom stereocenters. The van der Waals surface area contributed by atoms with E-state index in [1.807, 2.05) is 51.1 Å². The van der Waals surface area contributed by atoms with Crippen molar-refractivity contribution in [2.45, 2.75) is 27.3 Å². The summed E-state index contributed by atoms with van der Waals surface area (Å²) in [6.45, 7) is 7.95. The largest absolute Gasteiger partial charge is 0.467 e. The zero-order valence-corrected chi connectivity index (χ0v) is 15.9. The number of aromatic nitrogens is 2. The van der Waals surface area contributed by atoms with Crippen molar-refractivity contribution in [3.8, 4) is 11.4 Å². The number of nitrogens with zero attached hydrogens (tertiary/aromatic N) is 3. The fourth-order valence-electron chi connectivity index (χ4n) is 2.81. The van der Waals surface area contributed by atoms with E-state index in [0.29, 0.717) is 29.5 Å². The standard InChI is InChI=1S/C21H24N4O2/c1-4-25(5-2)20-18(21(26)23-13-17-7-6-12-27-17)14-22-19(24-20)16-10-8-15(3)9-11-16/h6-12,14H,4-5,13H2,1-3H3,(H,23,26). The summed E-state index contributed by atoms with van der Waals surface area (Å²) < 4.78 is 5.27. The molecule has 27 heavy (non-hydrogen) atoms. The normalized spacial score (nSPS) is 10.6. The third kappa shape index (κ3) is 4.34. The molecule has 1 N–H and O–H groups in total. The lowest BCUT2D eigenvalue weighted by Crippen LogP contribution is -2.30. The molecule has 140 valence electrons. The van der Waals surface area contributed by atoms with E-state index in [9.17, 15) is 4.79 Å². The van der Waals surface area contributed by atoms with Crippen LogP contribution in [0.4, 0.5) is 5.82 Å². The highest BCUT2D eigenvalue weighted by atomic mass is 16.3. The number of rotatable bonds is 7. The smallest absolute Gasteiger partial charge is 0.256 e. The number of amides is 1. The van der Waals surface area contributed by atoms with Crippen LogP contribution >= 0.6 is 0 Å². The van der Waals surface area contributed by atoms with Crippen LogP contribution in [-0.2, 0) is 6.54 Å². The first kappa shape index (κ1) is 18.6. The summed E-state index contributed by atoms with van der Waals surface area (Å²) >= 11 is 0. The molecular formula is C21H24N4O2. The molecule has 1 aromatic carbocycles. The minimum absolute atomic E-state index is 0.219. The van der Waals surface area contributed by atoms with Crippen molar-refractivity contribution < 1.29 is 9.21 Å². The van der Waals surface area contributed by atoms with Crippen molar-refractivity contribution in [1.82, 2.24) is 15.3 Å². The first-order chi connectivity index (χ1) is 13.1. The Morgan fingerprint density at radius 3 is 2.52 bits per heavy atom. The second kappa shape index (κ2) is 8.49. The maximum absolute atomic E-state index is 12.7. The molecule has 0 aliphatic heterocycles. The summed E-state index contributed by atoms with van der Waals surface area (Å²) in [5, 5.41) is 2.87. The van der Waals surface area contributed by atoms with Crippen LogP contribution in [0.15, 0.2) is 53.3 Å². The number of nitrogens with one attached hydrogen (secondary N) is 1. The Balaban J connectivity index is 1.92. The van der Waals surface area contributed by atoms with Crippen LogP contribution in [0.3, 0.4) is 0 Å². The Bertz CT molecular complexity index is 885. The highest BCUT2D eigenvalue weighted by molar-refractivity contribution is 5.98. The summed E-state index contributed by atoms with van der Waals surface area (Å²) in [4.78, 5) is 23.9. The molecule has 0 aliphatic rings. The zero-order chi connectivity index (χ0) is 19.2. The van der Waals surface area contributed by atoms with Gasteiger partial charge in [0.1, 0.15) is 17.1 Å². The van der Waals surface area contributed by atoms with Gasteiger partial charge in [-0.2, -0.15) is 0 Å². The van der Waals surface area contributed by atoms with Gasteiger partial charge in [0, 0.05) is 24.8 Å². The molecule has 2 aromatic heterocycles. The Hall–Kier alpha value is -3.15. The van der Waals surface area contributed by atoms with E-state index in [1.165, 1.54) is 5.56 Å². The number of hydrogen-bond acceptors (Lipinski definition) is 5. The van der Waals surface area contributed by atoms with E-state index in [2.05, 4.69) is 15.2 Å². The van der Waals surface area contributed by atoms with Gasteiger partial charge in [0.2, 0.25) is 0 Å². The molecule has 0 fully saturated rings.